The van der Waals surface area contributed by atoms with Crippen molar-refractivity contribution >= 4 is 22.8 Å². The summed E-state index contributed by atoms with van der Waals surface area (Å²) in [6.07, 6.45) is 0. The molecule has 140 valence electrons. The minimum atomic E-state index is -1.07. The highest BCUT2D eigenvalue weighted by atomic mass is 19.1. The van der Waals surface area contributed by atoms with E-state index >= 15 is 0 Å². The Balaban J connectivity index is 2.33. The van der Waals surface area contributed by atoms with Crippen LogP contribution in [0.1, 0.15) is 34.5 Å². The van der Waals surface area contributed by atoms with E-state index in [1.807, 2.05) is 0 Å². The number of hydrogen-bond donors (Lipinski definition) is 1. The summed E-state index contributed by atoms with van der Waals surface area (Å²) in [5.74, 6) is -3.72. The first-order valence-electron chi connectivity index (χ1n) is 8.17. The molecule has 0 aliphatic carbocycles. The van der Waals surface area contributed by atoms with Gasteiger partial charge in [0.1, 0.15) is 5.82 Å². The quantitative estimate of drug-likeness (QED) is 0.747. The van der Waals surface area contributed by atoms with Crippen molar-refractivity contribution < 1.29 is 28.2 Å². The molecule has 0 aliphatic rings. The molecule has 3 aromatic rings. The monoisotopic (exact) mass is 373 g/mol. The standard InChI is InChI=1S/C20H17F2NO4/c1-10(20(25)26)18-11(2)23(19(24)12-4-6-13(21)7-5-12)16-9-15(22)17(27-3)8-14(16)18/h4-10H,1-3H3,(H,25,26). The van der Waals surface area contributed by atoms with Crippen molar-refractivity contribution in [1.82, 2.24) is 4.57 Å². The molecule has 0 aliphatic heterocycles. The molecule has 1 atom stereocenters. The van der Waals surface area contributed by atoms with Gasteiger partial charge in [0, 0.05) is 22.7 Å². The lowest BCUT2D eigenvalue weighted by Gasteiger charge is -2.09. The number of rotatable bonds is 4. The van der Waals surface area contributed by atoms with Gasteiger partial charge in [-0.15, -0.1) is 0 Å². The lowest BCUT2D eigenvalue weighted by atomic mass is 9.98. The molecule has 3 rings (SSSR count). The van der Waals surface area contributed by atoms with Crippen LogP contribution in [-0.4, -0.2) is 28.7 Å². The second-order valence-corrected chi connectivity index (χ2v) is 6.21. The van der Waals surface area contributed by atoms with Gasteiger partial charge in [0.25, 0.3) is 5.91 Å². The summed E-state index contributed by atoms with van der Waals surface area (Å²) in [4.78, 5) is 24.6. The van der Waals surface area contributed by atoms with Gasteiger partial charge in [0.2, 0.25) is 0 Å². The highest BCUT2D eigenvalue weighted by Gasteiger charge is 2.27. The Hall–Kier alpha value is -3.22. The van der Waals surface area contributed by atoms with Crippen LogP contribution in [-0.2, 0) is 4.79 Å². The maximum absolute atomic E-state index is 14.3. The topological polar surface area (TPSA) is 68.5 Å². The fraction of sp³-hybridized carbons (Fsp3) is 0.200. The zero-order valence-corrected chi connectivity index (χ0v) is 14.9. The molecular weight excluding hydrogens is 356 g/mol. The molecule has 0 fully saturated rings. The van der Waals surface area contributed by atoms with E-state index < -0.39 is 29.4 Å². The van der Waals surface area contributed by atoms with Gasteiger partial charge in [-0.2, -0.15) is 0 Å². The minimum Gasteiger partial charge on any atom is -0.494 e. The average Bonchev–Trinajstić information content (AvgIpc) is 2.91. The van der Waals surface area contributed by atoms with Crippen molar-refractivity contribution in [3.05, 3.63) is 64.9 Å². The van der Waals surface area contributed by atoms with E-state index in [0.29, 0.717) is 16.6 Å². The Morgan fingerprint density at radius 1 is 1.15 bits per heavy atom. The van der Waals surface area contributed by atoms with E-state index in [4.69, 9.17) is 4.74 Å². The number of methoxy groups -OCH3 is 1. The van der Waals surface area contributed by atoms with Crippen molar-refractivity contribution in [3.8, 4) is 5.75 Å². The molecule has 1 heterocycles. The third-order valence-corrected chi connectivity index (χ3v) is 4.62. The van der Waals surface area contributed by atoms with Crippen LogP contribution in [0.3, 0.4) is 0 Å². The molecule has 7 heteroatoms. The second kappa shape index (κ2) is 6.83. The normalized spacial score (nSPS) is 12.2. The number of nitrogens with zero attached hydrogens (tertiary/aromatic N) is 1. The van der Waals surface area contributed by atoms with Gasteiger partial charge in [-0.05, 0) is 49.7 Å². The predicted octanol–water partition coefficient (Wildman–Crippen LogP) is 4.11. The third-order valence-electron chi connectivity index (χ3n) is 4.62. The first kappa shape index (κ1) is 18.6. The molecule has 0 bridgehead atoms. The largest absolute Gasteiger partial charge is 0.494 e. The Morgan fingerprint density at radius 3 is 2.33 bits per heavy atom. The fourth-order valence-electron chi connectivity index (χ4n) is 3.25. The Kier molecular flexibility index (Phi) is 4.70. The lowest BCUT2D eigenvalue weighted by Crippen LogP contribution is -2.15. The Labute approximate surface area is 153 Å². The summed E-state index contributed by atoms with van der Waals surface area (Å²) >= 11 is 0. The number of carboxylic acid groups (broad SMARTS) is 1. The van der Waals surface area contributed by atoms with Crippen LogP contribution >= 0.6 is 0 Å². The number of ether oxygens (including phenoxy) is 1. The van der Waals surface area contributed by atoms with E-state index in [9.17, 15) is 23.5 Å². The van der Waals surface area contributed by atoms with Crippen LogP contribution in [0.15, 0.2) is 36.4 Å². The van der Waals surface area contributed by atoms with Gasteiger partial charge < -0.3 is 9.84 Å². The van der Waals surface area contributed by atoms with Gasteiger partial charge in [0.15, 0.2) is 11.6 Å². The molecule has 1 N–H and O–H groups in total. The molecule has 0 radical (unpaired) electrons. The predicted molar refractivity (Wildman–Crippen MR) is 95.4 cm³/mol. The Morgan fingerprint density at radius 2 is 1.78 bits per heavy atom. The molecule has 27 heavy (non-hydrogen) atoms. The number of benzene rings is 2. The van der Waals surface area contributed by atoms with Gasteiger partial charge in [-0.3, -0.25) is 14.2 Å². The first-order valence-corrected chi connectivity index (χ1v) is 8.17. The second-order valence-electron chi connectivity index (χ2n) is 6.21. The van der Waals surface area contributed by atoms with Crippen LogP contribution < -0.4 is 4.74 Å². The number of hydrogen-bond acceptors (Lipinski definition) is 3. The number of aliphatic carboxylic acids is 1. The Bertz CT molecular complexity index is 1050. The lowest BCUT2D eigenvalue weighted by molar-refractivity contribution is -0.138. The van der Waals surface area contributed by atoms with Crippen LogP contribution in [0.5, 0.6) is 5.75 Å². The first-order chi connectivity index (χ1) is 12.8. The number of aromatic nitrogens is 1. The summed E-state index contributed by atoms with van der Waals surface area (Å²) in [5.41, 5.74) is 1.19. The zero-order chi connectivity index (χ0) is 19.9. The number of carboxylic acids is 1. The number of carbonyl (C=O) groups is 2. The van der Waals surface area contributed by atoms with E-state index in [0.717, 1.165) is 18.2 Å². The van der Waals surface area contributed by atoms with Gasteiger partial charge >= 0.3 is 5.97 Å². The van der Waals surface area contributed by atoms with Crippen LogP contribution in [0.25, 0.3) is 10.9 Å². The summed E-state index contributed by atoms with van der Waals surface area (Å²) in [6, 6.07) is 7.48. The van der Waals surface area contributed by atoms with Crippen molar-refractivity contribution in [3.63, 3.8) is 0 Å². The van der Waals surface area contributed by atoms with Crippen molar-refractivity contribution in [2.24, 2.45) is 0 Å². The van der Waals surface area contributed by atoms with Gasteiger partial charge in [0.05, 0.1) is 18.5 Å². The van der Waals surface area contributed by atoms with Crippen LogP contribution in [0, 0.1) is 18.6 Å². The highest BCUT2D eigenvalue weighted by Crippen LogP contribution is 2.36. The summed E-state index contributed by atoms with van der Waals surface area (Å²) < 4.78 is 33.7. The molecule has 0 spiro atoms. The maximum atomic E-state index is 14.3. The van der Waals surface area contributed by atoms with E-state index in [2.05, 4.69) is 0 Å². The smallest absolute Gasteiger partial charge is 0.310 e. The number of carbonyl (C=O) groups excluding carboxylic acids is 1. The van der Waals surface area contributed by atoms with Gasteiger partial charge in [-0.25, -0.2) is 8.78 Å². The minimum absolute atomic E-state index is 0.0484. The molecule has 0 saturated heterocycles. The number of fused-ring (bicyclic) bond motifs is 1. The zero-order valence-electron chi connectivity index (χ0n) is 14.9. The average molecular weight is 373 g/mol. The van der Waals surface area contributed by atoms with E-state index in [1.54, 1.807) is 6.92 Å². The maximum Gasteiger partial charge on any atom is 0.310 e. The van der Waals surface area contributed by atoms with Crippen molar-refractivity contribution in [2.75, 3.05) is 7.11 Å². The third kappa shape index (κ3) is 3.05. The van der Waals surface area contributed by atoms with Crippen molar-refractivity contribution in [2.45, 2.75) is 19.8 Å². The van der Waals surface area contributed by atoms with Crippen molar-refractivity contribution in [1.29, 1.82) is 0 Å². The molecule has 5 nitrogen and oxygen atoms in total. The van der Waals surface area contributed by atoms with E-state index in [-0.39, 0.29) is 16.8 Å². The number of halogens is 2. The highest BCUT2D eigenvalue weighted by molar-refractivity contribution is 6.05. The molecule has 0 saturated carbocycles. The molecular formula is C20H17F2NO4. The molecule has 0 amide bonds. The molecule has 1 unspecified atom stereocenters. The SMILES string of the molecule is COc1cc2c(C(C)C(=O)O)c(C)n(C(=O)c3ccc(F)cc3)c2cc1F. The van der Waals surface area contributed by atoms with Crippen LogP contribution in [0.2, 0.25) is 0 Å². The van der Waals surface area contributed by atoms with E-state index in [1.165, 1.54) is 36.8 Å². The molecule has 2 aromatic carbocycles. The fourth-order valence-corrected chi connectivity index (χ4v) is 3.25. The van der Waals surface area contributed by atoms with Crippen LogP contribution in [0.4, 0.5) is 8.78 Å². The molecule has 1 aromatic heterocycles. The van der Waals surface area contributed by atoms with Gasteiger partial charge in [-0.1, -0.05) is 0 Å². The summed E-state index contributed by atoms with van der Waals surface area (Å²) in [6.45, 7) is 3.09. The summed E-state index contributed by atoms with van der Waals surface area (Å²) in [7, 11) is 1.30. The summed E-state index contributed by atoms with van der Waals surface area (Å²) in [5, 5.41) is 9.87.